The number of hydrogen-bond donors (Lipinski definition) is 0. The van der Waals surface area contributed by atoms with Crippen molar-refractivity contribution in [1.29, 1.82) is 36.8 Å². The minimum Gasteiger partial charge on any atom is -0.192 e. The van der Waals surface area contributed by atoms with Gasteiger partial charge in [-0.15, -0.1) is 0 Å². The molecule has 0 aliphatic heterocycles. The van der Waals surface area contributed by atoms with E-state index in [1.807, 2.05) is 0 Å². The van der Waals surface area contributed by atoms with Gasteiger partial charge >= 0.3 is 24.7 Å². The zero-order valence-electron chi connectivity index (χ0n) is 23.6. The molecular weight excluding hydrogens is 698 g/mol. The molecule has 3 aromatic carbocycles. The fourth-order valence-electron chi connectivity index (χ4n) is 4.67. The molecule has 0 spiro atoms. The van der Waals surface area contributed by atoms with Crippen molar-refractivity contribution in [2.45, 2.75) is 24.7 Å². The molecule has 0 fully saturated rings. The first-order valence-electron chi connectivity index (χ1n) is 12.5. The Kier molecular flexibility index (Phi) is 9.65. The van der Waals surface area contributed by atoms with Gasteiger partial charge < -0.3 is 0 Å². The van der Waals surface area contributed by atoms with Gasteiger partial charge in [0.15, 0.2) is 0 Å². The van der Waals surface area contributed by atoms with Crippen LogP contribution >= 0.6 is 0 Å². The van der Waals surface area contributed by atoms with Crippen LogP contribution in [0, 0.1) is 79.3 Å². The van der Waals surface area contributed by atoms with E-state index in [1.54, 1.807) is 0 Å². The summed E-state index contributed by atoms with van der Waals surface area (Å²) >= 11 is 0. The van der Waals surface area contributed by atoms with Crippen molar-refractivity contribution in [3.63, 3.8) is 0 Å². The minimum atomic E-state index is -5.66. The third-order valence-electron chi connectivity index (χ3n) is 6.72. The number of nitrogens with zero attached hydrogens (tertiary/aromatic N) is 7. The largest absolute Gasteiger partial charge is 0.417 e. The number of rotatable bonds is 2. The van der Waals surface area contributed by atoms with Crippen LogP contribution in [0.4, 0.5) is 52.7 Å². The number of hydrogen-bond acceptors (Lipinski definition) is 7. The van der Waals surface area contributed by atoms with Crippen molar-refractivity contribution in [2.24, 2.45) is 0 Å². The first-order valence-corrected chi connectivity index (χ1v) is 12.5. The van der Waals surface area contributed by atoms with Gasteiger partial charge in [-0.05, 0) is 30.3 Å². The molecule has 0 aliphatic carbocycles. The Morgan fingerprint density at radius 2 is 0.800 bits per heavy atom. The number of halogens is 12. The molecule has 0 saturated carbocycles. The third kappa shape index (κ3) is 6.69. The fourth-order valence-corrected chi connectivity index (χ4v) is 4.67. The zero-order valence-corrected chi connectivity index (χ0v) is 23.6. The second-order valence-electron chi connectivity index (χ2n) is 9.51. The summed E-state index contributed by atoms with van der Waals surface area (Å²) in [6.45, 7) is 0. The monoisotopic (exact) mass is 703 g/mol. The Hall–Kier alpha value is -7.01. The molecule has 3 rings (SSSR count). The smallest absolute Gasteiger partial charge is 0.192 e. The predicted molar refractivity (Wildman–Crippen MR) is 138 cm³/mol. The van der Waals surface area contributed by atoms with Gasteiger partial charge in [-0.3, -0.25) is 0 Å². The molecule has 0 amide bonds. The Balaban J connectivity index is 2.85. The van der Waals surface area contributed by atoms with Crippen LogP contribution in [0.1, 0.15) is 61.2 Å². The molecule has 0 aromatic heterocycles. The number of nitriles is 7. The second kappa shape index (κ2) is 12.9. The topological polar surface area (TPSA) is 167 Å². The van der Waals surface area contributed by atoms with Crippen LogP contribution in [0.3, 0.4) is 0 Å². The highest BCUT2D eigenvalue weighted by molar-refractivity contribution is 5.86. The molecule has 0 saturated heterocycles. The number of benzene rings is 3. The fraction of sp³-hybridized carbons (Fsp3) is 0.129. The van der Waals surface area contributed by atoms with E-state index in [4.69, 9.17) is 0 Å². The Morgan fingerprint density at radius 3 is 1.10 bits per heavy atom. The summed E-state index contributed by atoms with van der Waals surface area (Å²) in [4.78, 5) is 0. The molecule has 3 aromatic rings. The molecule has 0 heterocycles. The van der Waals surface area contributed by atoms with Crippen molar-refractivity contribution in [2.75, 3.05) is 0 Å². The first kappa shape index (κ1) is 37.4. The van der Waals surface area contributed by atoms with E-state index in [1.165, 1.54) is 30.3 Å². The lowest BCUT2D eigenvalue weighted by molar-refractivity contribution is -0.144. The van der Waals surface area contributed by atoms with Crippen LogP contribution in [-0.2, 0) is 24.7 Å². The predicted octanol–water partition coefficient (Wildman–Crippen LogP) is 6.57. The van der Waals surface area contributed by atoms with Crippen LogP contribution < -0.4 is 10.4 Å². The molecule has 248 valence electrons. The summed E-state index contributed by atoms with van der Waals surface area (Å²) in [5.74, 6) is 0. The van der Waals surface area contributed by atoms with E-state index in [9.17, 15) is 89.5 Å². The van der Waals surface area contributed by atoms with Crippen molar-refractivity contribution in [1.82, 2.24) is 0 Å². The molecule has 19 heteroatoms. The summed E-state index contributed by atoms with van der Waals surface area (Å²) < 4.78 is 165. The van der Waals surface area contributed by atoms with Gasteiger partial charge in [0.05, 0.1) is 67.3 Å². The molecule has 0 atom stereocenters. The Labute approximate surface area is 270 Å². The molecule has 0 aliphatic rings. The van der Waals surface area contributed by atoms with E-state index in [-0.39, 0.29) is 12.1 Å². The molecular formula is C31H5F12N7. The lowest BCUT2D eigenvalue weighted by Crippen LogP contribution is -2.27. The van der Waals surface area contributed by atoms with Crippen LogP contribution in [0.15, 0.2) is 30.3 Å². The highest BCUT2D eigenvalue weighted by atomic mass is 19.4. The summed E-state index contributed by atoms with van der Waals surface area (Å²) in [6, 6.07) is 7.46. The van der Waals surface area contributed by atoms with Crippen molar-refractivity contribution in [3.05, 3.63) is 102 Å². The van der Waals surface area contributed by atoms with E-state index < -0.39 is 120 Å². The summed E-state index contributed by atoms with van der Waals surface area (Å²) in [6.07, 6.45) is -22.4. The summed E-state index contributed by atoms with van der Waals surface area (Å²) in [7, 11) is 0. The van der Waals surface area contributed by atoms with Crippen LogP contribution in [0.25, 0.3) is 11.1 Å². The molecule has 0 radical (unpaired) electrons. The second-order valence-corrected chi connectivity index (χ2v) is 9.51. The molecule has 0 N–H and O–H groups in total. The van der Waals surface area contributed by atoms with E-state index in [0.29, 0.717) is 6.07 Å². The van der Waals surface area contributed by atoms with Gasteiger partial charge in [0, 0.05) is 21.6 Å². The number of alkyl halides is 12. The van der Waals surface area contributed by atoms with Gasteiger partial charge in [0.2, 0.25) is 0 Å². The van der Waals surface area contributed by atoms with Crippen LogP contribution in [-0.4, -0.2) is 0 Å². The average Bonchev–Trinajstić information content (AvgIpc) is 3.02. The Bertz CT molecular complexity index is 2400. The summed E-state index contributed by atoms with van der Waals surface area (Å²) in [5.41, 5.74) is -20.9. The van der Waals surface area contributed by atoms with Gasteiger partial charge in [0.1, 0.15) is 36.4 Å². The average molecular weight is 703 g/mol. The molecule has 0 bridgehead atoms. The maximum atomic E-state index is 13.8. The molecule has 50 heavy (non-hydrogen) atoms. The van der Waals surface area contributed by atoms with Gasteiger partial charge in [-0.2, -0.15) is 89.5 Å². The van der Waals surface area contributed by atoms with Gasteiger partial charge in [-0.1, -0.05) is 0 Å². The standard InChI is InChI=1S/C31H5F12N7/c32-28(33,34)14-2-17(21(9-47)25(4-14)30(38,39)40)19(7-45)16-1-13(6-44)27(24(12-50)20(16)8-46)23(11-49)18-3-15(29(35,36)37)5-26(22(18)10-48)31(41,42)43/h1-5H/b19-16+,27-23-. The van der Waals surface area contributed by atoms with Gasteiger partial charge in [-0.25, -0.2) is 0 Å². The third-order valence-corrected chi connectivity index (χ3v) is 6.72. The first-order chi connectivity index (χ1) is 23.0. The van der Waals surface area contributed by atoms with E-state index in [2.05, 4.69) is 0 Å². The Morgan fingerprint density at radius 1 is 0.420 bits per heavy atom. The normalized spacial score (nSPS) is 12.9. The van der Waals surface area contributed by atoms with Crippen molar-refractivity contribution < 1.29 is 52.7 Å². The SMILES string of the molecule is N#C/C(c1cc(C(F)(F)F)cc(C(F)(F)F)c1C#N)=c1/cc(C#N)/c(=C(\C#N)c2cc(C(F)(F)F)cc(C(F)(F)F)c2C#N)c(C#N)c1C#N. The van der Waals surface area contributed by atoms with Crippen LogP contribution in [0.2, 0.25) is 0 Å². The molecule has 7 nitrogen and oxygen atoms in total. The highest BCUT2D eigenvalue weighted by Crippen LogP contribution is 2.41. The van der Waals surface area contributed by atoms with Gasteiger partial charge in [0.25, 0.3) is 0 Å². The van der Waals surface area contributed by atoms with Crippen molar-refractivity contribution in [3.8, 4) is 42.5 Å². The maximum Gasteiger partial charge on any atom is 0.417 e. The zero-order chi connectivity index (χ0) is 38.1. The maximum absolute atomic E-state index is 13.8. The lowest BCUT2D eigenvalue weighted by atomic mass is 9.87. The summed E-state index contributed by atoms with van der Waals surface area (Å²) in [5, 5.41) is 66.5. The lowest BCUT2D eigenvalue weighted by Gasteiger charge is -2.17. The molecule has 0 unspecified atom stereocenters. The van der Waals surface area contributed by atoms with E-state index in [0.717, 1.165) is 12.1 Å². The van der Waals surface area contributed by atoms with Crippen LogP contribution in [0.5, 0.6) is 0 Å². The van der Waals surface area contributed by atoms with E-state index >= 15 is 0 Å². The highest BCUT2D eigenvalue weighted by Gasteiger charge is 2.42. The van der Waals surface area contributed by atoms with Crippen molar-refractivity contribution >= 4 is 11.1 Å². The quantitative estimate of drug-likeness (QED) is 0.272. The minimum absolute atomic E-state index is 0.0766.